The van der Waals surface area contributed by atoms with Crippen LogP contribution in [0.1, 0.15) is 57.6 Å². The van der Waals surface area contributed by atoms with Crippen LogP contribution in [0.15, 0.2) is 59.6 Å². The molecule has 3 aromatic rings. The molecule has 194 valence electrons. The minimum atomic E-state index is -0.00762. The Morgan fingerprint density at radius 2 is 1.92 bits per heavy atom. The summed E-state index contributed by atoms with van der Waals surface area (Å²) in [4.78, 5) is 15.9. The van der Waals surface area contributed by atoms with Crippen molar-refractivity contribution < 1.29 is 9.53 Å². The van der Waals surface area contributed by atoms with Crippen molar-refractivity contribution >= 4 is 40.3 Å². The van der Waals surface area contributed by atoms with E-state index in [1.54, 1.807) is 4.90 Å². The lowest BCUT2D eigenvalue weighted by molar-refractivity contribution is -0.122. The highest BCUT2D eigenvalue weighted by Gasteiger charge is 2.33. The predicted molar refractivity (Wildman–Crippen MR) is 158 cm³/mol. The van der Waals surface area contributed by atoms with Crippen LogP contribution in [0, 0.1) is 12.8 Å². The van der Waals surface area contributed by atoms with Crippen molar-refractivity contribution in [1.29, 1.82) is 0 Å². The zero-order valence-corrected chi connectivity index (χ0v) is 23.7. The van der Waals surface area contributed by atoms with E-state index in [4.69, 9.17) is 22.1 Å². The Bertz CT molecular complexity index is 1280. The molecule has 5 nitrogen and oxygen atoms in total. The fourth-order valence-corrected chi connectivity index (χ4v) is 5.81. The topological polar surface area (TPSA) is 47.4 Å². The van der Waals surface area contributed by atoms with Gasteiger partial charge in [0.1, 0.15) is 15.8 Å². The number of carbonyl (C=O) groups excluding carboxylic acids is 1. The zero-order chi connectivity index (χ0) is 26.4. The maximum atomic E-state index is 13.5. The molecule has 4 rings (SSSR count). The molecule has 1 aliphatic rings. The second-order valence-corrected chi connectivity index (χ2v) is 11.0. The van der Waals surface area contributed by atoms with Crippen molar-refractivity contribution in [3.8, 4) is 22.7 Å². The number of rotatable bonds is 11. The molecule has 0 saturated carbocycles. The number of ether oxygens (including phenoxy) is 1. The third-order valence-corrected chi connectivity index (χ3v) is 8.05. The van der Waals surface area contributed by atoms with Gasteiger partial charge >= 0.3 is 0 Å². The van der Waals surface area contributed by atoms with Gasteiger partial charge < -0.3 is 4.74 Å². The maximum Gasteiger partial charge on any atom is 0.266 e. The van der Waals surface area contributed by atoms with Crippen LogP contribution in [0.4, 0.5) is 0 Å². The van der Waals surface area contributed by atoms with Gasteiger partial charge in [-0.15, -0.1) is 0 Å². The van der Waals surface area contributed by atoms with Gasteiger partial charge in [-0.3, -0.25) is 9.69 Å². The van der Waals surface area contributed by atoms with Crippen molar-refractivity contribution in [2.75, 3.05) is 13.2 Å². The molecule has 1 atom stereocenters. The molecule has 0 N–H and O–H groups in total. The molecule has 0 unspecified atom stereocenters. The van der Waals surface area contributed by atoms with E-state index in [0.717, 1.165) is 53.1 Å². The Labute approximate surface area is 229 Å². The summed E-state index contributed by atoms with van der Waals surface area (Å²) in [5.74, 6) is 1.29. The Kier molecular flexibility index (Phi) is 9.22. The fraction of sp³-hybridized carbons (Fsp3) is 0.367. The number of benzene rings is 2. The van der Waals surface area contributed by atoms with E-state index in [0.29, 0.717) is 28.3 Å². The average Bonchev–Trinajstić information content (AvgIpc) is 3.43. The van der Waals surface area contributed by atoms with Gasteiger partial charge in [-0.2, -0.15) is 5.10 Å². The van der Waals surface area contributed by atoms with E-state index in [2.05, 4.69) is 20.8 Å². The minimum Gasteiger partial charge on any atom is -0.494 e. The number of hydrogen-bond donors (Lipinski definition) is 0. The van der Waals surface area contributed by atoms with E-state index >= 15 is 0 Å². The van der Waals surface area contributed by atoms with E-state index in [9.17, 15) is 4.79 Å². The van der Waals surface area contributed by atoms with Gasteiger partial charge in [-0.05, 0) is 68.2 Å². The monoisotopic (exact) mass is 533 g/mol. The SMILES string of the molecule is CCCC[C@@H](CC)CN1C(=O)/C(=C/c2cn(-c3ccccc3)nc2-c2ccc(OCC)cc2C)SC1=S. The Balaban J connectivity index is 1.70. The summed E-state index contributed by atoms with van der Waals surface area (Å²) in [5.41, 5.74) is 4.73. The molecule has 7 heteroatoms. The maximum absolute atomic E-state index is 13.5. The lowest BCUT2D eigenvalue weighted by Gasteiger charge is -2.21. The second-order valence-electron chi connectivity index (χ2n) is 9.33. The summed E-state index contributed by atoms with van der Waals surface area (Å²) in [7, 11) is 0. The van der Waals surface area contributed by atoms with Crippen LogP contribution in [0.25, 0.3) is 23.0 Å². The first-order valence-corrected chi connectivity index (χ1v) is 14.3. The molecule has 0 spiro atoms. The van der Waals surface area contributed by atoms with Crippen LogP contribution in [0.5, 0.6) is 5.75 Å². The number of hydrogen-bond acceptors (Lipinski definition) is 5. The van der Waals surface area contributed by atoms with E-state index < -0.39 is 0 Å². The van der Waals surface area contributed by atoms with Gasteiger partial charge in [0.05, 0.1) is 17.2 Å². The molecule has 2 heterocycles. The van der Waals surface area contributed by atoms with Crippen molar-refractivity contribution in [1.82, 2.24) is 14.7 Å². The summed E-state index contributed by atoms with van der Waals surface area (Å²) < 4.78 is 8.20. The molecular weight excluding hydrogens is 498 g/mol. The normalized spacial score (nSPS) is 15.6. The standard InChI is InChI=1S/C30H35N3O2S2/c1-5-8-12-22(6-2)19-32-29(34)27(37-30(32)36)18-23-20-33(24-13-10-9-11-14-24)31-28(23)26-16-15-25(35-7-3)17-21(26)4/h9-11,13-18,20,22H,5-8,12,19H2,1-4H3/b27-18-/t22-/m1/s1. The smallest absolute Gasteiger partial charge is 0.266 e. The zero-order valence-electron chi connectivity index (χ0n) is 22.1. The summed E-state index contributed by atoms with van der Waals surface area (Å²) in [6, 6.07) is 16.1. The lowest BCUT2D eigenvalue weighted by Crippen LogP contribution is -2.33. The first-order chi connectivity index (χ1) is 17.9. The molecule has 1 aromatic heterocycles. The number of para-hydroxylation sites is 1. The summed E-state index contributed by atoms with van der Waals surface area (Å²) >= 11 is 7.04. The van der Waals surface area contributed by atoms with Gasteiger partial charge in [0.25, 0.3) is 5.91 Å². The number of aromatic nitrogens is 2. The first kappa shape index (κ1) is 27.1. The molecule has 1 saturated heterocycles. The third-order valence-electron chi connectivity index (χ3n) is 6.67. The number of thiocarbonyl (C=S) groups is 1. The molecule has 2 aromatic carbocycles. The first-order valence-electron chi connectivity index (χ1n) is 13.1. The number of nitrogens with zero attached hydrogens (tertiary/aromatic N) is 3. The Hall–Kier alpha value is -2.90. The number of thioether (sulfide) groups is 1. The average molecular weight is 534 g/mol. The third kappa shape index (κ3) is 6.33. The Morgan fingerprint density at radius 1 is 1.14 bits per heavy atom. The highest BCUT2D eigenvalue weighted by atomic mass is 32.2. The largest absolute Gasteiger partial charge is 0.494 e. The molecule has 1 amide bonds. The lowest BCUT2D eigenvalue weighted by atomic mass is 9.99. The molecule has 0 radical (unpaired) electrons. The van der Waals surface area contributed by atoms with Crippen molar-refractivity contribution in [3.05, 3.63) is 70.8 Å². The molecule has 0 aliphatic carbocycles. The van der Waals surface area contributed by atoms with Crippen molar-refractivity contribution in [3.63, 3.8) is 0 Å². The van der Waals surface area contributed by atoms with Crippen LogP contribution >= 0.6 is 24.0 Å². The number of amides is 1. The van der Waals surface area contributed by atoms with Crippen LogP contribution in [-0.2, 0) is 4.79 Å². The highest BCUT2D eigenvalue weighted by molar-refractivity contribution is 8.26. The second kappa shape index (κ2) is 12.6. The number of unbranched alkanes of at least 4 members (excludes halogenated alkanes) is 1. The summed E-state index contributed by atoms with van der Waals surface area (Å²) in [5, 5.41) is 4.95. The number of carbonyl (C=O) groups is 1. The van der Waals surface area contributed by atoms with Crippen LogP contribution in [0.2, 0.25) is 0 Å². The van der Waals surface area contributed by atoms with Gasteiger partial charge in [-0.25, -0.2) is 4.68 Å². The molecule has 37 heavy (non-hydrogen) atoms. The van der Waals surface area contributed by atoms with Gasteiger partial charge in [-0.1, -0.05) is 75.3 Å². The quantitative estimate of drug-likeness (QED) is 0.187. The molecular formula is C30H35N3O2S2. The van der Waals surface area contributed by atoms with E-state index in [1.165, 1.54) is 18.2 Å². The molecule has 0 bridgehead atoms. The Morgan fingerprint density at radius 3 is 2.59 bits per heavy atom. The highest BCUT2D eigenvalue weighted by Crippen LogP contribution is 2.37. The van der Waals surface area contributed by atoms with Crippen LogP contribution < -0.4 is 4.74 Å². The minimum absolute atomic E-state index is 0.00762. The predicted octanol–water partition coefficient (Wildman–Crippen LogP) is 7.66. The fourth-order valence-electron chi connectivity index (χ4n) is 4.55. The van der Waals surface area contributed by atoms with E-state index in [1.807, 2.05) is 72.4 Å². The number of aryl methyl sites for hydroxylation is 1. The van der Waals surface area contributed by atoms with Crippen LogP contribution in [-0.4, -0.2) is 38.1 Å². The summed E-state index contributed by atoms with van der Waals surface area (Å²) in [6.45, 7) is 9.74. The molecule has 1 aliphatic heterocycles. The van der Waals surface area contributed by atoms with Crippen molar-refractivity contribution in [2.24, 2.45) is 5.92 Å². The van der Waals surface area contributed by atoms with Crippen molar-refractivity contribution in [2.45, 2.75) is 53.4 Å². The van der Waals surface area contributed by atoms with Crippen LogP contribution in [0.3, 0.4) is 0 Å². The van der Waals surface area contributed by atoms with Gasteiger partial charge in [0, 0.05) is 23.9 Å². The summed E-state index contributed by atoms with van der Waals surface area (Å²) in [6.07, 6.45) is 8.43. The van der Waals surface area contributed by atoms with Gasteiger partial charge in [0.2, 0.25) is 0 Å². The van der Waals surface area contributed by atoms with Gasteiger partial charge in [0.15, 0.2) is 0 Å². The molecule has 1 fully saturated rings. The van der Waals surface area contributed by atoms with E-state index in [-0.39, 0.29) is 5.91 Å².